The fourth-order valence-electron chi connectivity index (χ4n) is 2.39. The van der Waals surface area contributed by atoms with Crippen molar-refractivity contribution >= 4 is 22.9 Å². The Morgan fingerprint density at radius 1 is 1.20 bits per heavy atom. The van der Waals surface area contributed by atoms with Crippen LogP contribution in [0.4, 0.5) is 0 Å². The SMILES string of the molecule is CC(C)n1nc(C(=O)N/N=C\c2cccnc2)c2ccccc2c1=O. The minimum Gasteiger partial charge on any atom is -0.267 e. The van der Waals surface area contributed by atoms with Gasteiger partial charge in [-0.05, 0) is 26.0 Å². The van der Waals surface area contributed by atoms with Gasteiger partial charge in [-0.25, -0.2) is 10.1 Å². The third-order valence-corrected chi connectivity index (χ3v) is 3.60. The van der Waals surface area contributed by atoms with E-state index < -0.39 is 5.91 Å². The number of aromatic nitrogens is 3. The number of hydrogen-bond acceptors (Lipinski definition) is 5. The Balaban J connectivity index is 1.97. The predicted molar refractivity (Wildman–Crippen MR) is 95.7 cm³/mol. The maximum absolute atomic E-state index is 12.5. The first-order valence-corrected chi connectivity index (χ1v) is 7.83. The quantitative estimate of drug-likeness (QED) is 0.584. The molecule has 0 fully saturated rings. The fourth-order valence-corrected chi connectivity index (χ4v) is 2.39. The van der Waals surface area contributed by atoms with Crippen molar-refractivity contribution in [2.45, 2.75) is 19.9 Å². The van der Waals surface area contributed by atoms with Gasteiger partial charge in [0.25, 0.3) is 11.5 Å². The van der Waals surface area contributed by atoms with Crippen molar-refractivity contribution in [1.82, 2.24) is 20.2 Å². The zero-order valence-electron chi connectivity index (χ0n) is 13.9. The molecule has 126 valence electrons. The summed E-state index contributed by atoms with van der Waals surface area (Å²) in [5.41, 5.74) is 3.15. The molecular formula is C18H17N5O2. The Kier molecular flexibility index (Phi) is 4.65. The molecule has 3 rings (SSSR count). The van der Waals surface area contributed by atoms with Crippen LogP contribution in [0.3, 0.4) is 0 Å². The highest BCUT2D eigenvalue weighted by Crippen LogP contribution is 2.14. The molecule has 0 saturated heterocycles. The van der Waals surface area contributed by atoms with Gasteiger partial charge in [0.15, 0.2) is 5.69 Å². The number of nitrogens with one attached hydrogen (secondary N) is 1. The molecule has 0 aliphatic carbocycles. The molecule has 0 unspecified atom stereocenters. The smallest absolute Gasteiger partial charge is 0.267 e. The molecule has 0 radical (unpaired) electrons. The molecule has 1 N–H and O–H groups in total. The molecule has 0 aliphatic rings. The van der Waals surface area contributed by atoms with Gasteiger partial charge in [-0.2, -0.15) is 10.2 Å². The van der Waals surface area contributed by atoms with Gasteiger partial charge < -0.3 is 0 Å². The molecule has 1 aromatic carbocycles. The maximum atomic E-state index is 12.5. The largest absolute Gasteiger partial charge is 0.292 e. The second kappa shape index (κ2) is 7.04. The van der Waals surface area contributed by atoms with Gasteiger partial charge in [0.05, 0.1) is 17.6 Å². The summed E-state index contributed by atoms with van der Waals surface area (Å²) < 4.78 is 1.31. The number of pyridine rings is 1. The molecule has 7 heteroatoms. The first-order chi connectivity index (χ1) is 12.1. The zero-order valence-corrected chi connectivity index (χ0v) is 13.9. The molecule has 0 bridgehead atoms. The number of carbonyl (C=O) groups is 1. The number of amides is 1. The lowest BCUT2D eigenvalue weighted by molar-refractivity contribution is 0.0949. The van der Waals surface area contributed by atoms with Crippen LogP contribution in [0.2, 0.25) is 0 Å². The molecule has 0 spiro atoms. The second-order valence-electron chi connectivity index (χ2n) is 5.72. The van der Waals surface area contributed by atoms with E-state index in [-0.39, 0.29) is 17.3 Å². The van der Waals surface area contributed by atoms with Gasteiger partial charge in [0.1, 0.15) is 0 Å². The minimum atomic E-state index is -0.481. The van der Waals surface area contributed by atoms with E-state index >= 15 is 0 Å². The van der Waals surface area contributed by atoms with Crippen molar-refractivity contribution in [2.24, 2.45) is 5.10 Å². The van der Waals surface area contributed by atoms with E-state index in [2.05, 4.69) is 20.6 Å². The number of nitrogens with zero attached hydrogens (tertiary/aromatic N) is 4. The van der Waals surface area contributed by atoms with Crippen molar-refractivity contribution < 1.29 is 4.79 Å². The highest BCUT2D eigenvalue weighted by Gasteiger charge is 2.17. The van der Waals surface area contributed by atoms with Gasteiger partial charge in [0.2, 0.25) is 0 Å². The lowest BCUT2D eigenvalue weighted by Gasteiger charge is -2.12. The first-order valence-electron chi connectivity index (χ1n) is 7.83. The van der Waals surface area contributed by atoms with Gasteiger partial charge >= 0.3 is 0 Å². The summed E-state index contributed by atoms with van der Waals surface area (Å²) in [5.74, 6) is -0.481. The molecule has 1 amide bonds. The molecule has 2 aromatic heterocycles. The summed E-state index contributed by atoms with van der Waals surface area (Å²) >= 11 is 0. The van der Waals surface area contributed by atoms with E-state index in [9.17, 15) is 9.59 Å². The molecule has 7 nitrogen and oxygen atoms in total. The minimum absolute atomic E-state index is 0.159. The highest BCUT2D eigenvalue weighted by atomic mass is 16.2. The van der Waals surface area contributed by atoms with Gasteiger partial charge in [-0.15, -0.1) is 0 Å². The van der Waals surface area contributed by atoms with Gasteiger partial charge in [0, 0.05) is 23.3 Å². The average Bonchev–Trinajstić information content (AvgIpc) is 2.62. The molecule has 0 atom stereocenters. The Morgan fingerprint density at radius 3 is 2.64 bits per heavy atom. The van der Waals surface area contributed by atoms with Crippen molar-refractivity contribution in [3.63, 3.8) is 0 Å². The average molecular weight is 335 g/mol. The van der Waals surface area contributed by atoms with Gasteiger partial charge in [-0.3, -0.25) is 14.6 Å². The van der Waals surface area contributed by atoms with Crippen LogP contribution in [-0.2, 0) is 0 Å². The molecule has 2 heterocycles. The predicted octanol–water partition coefficient (Wildman–Crippen LogP) is 2.14. The monoisotopic (exact) mass is 335 g/mol. The molecule has 3 aromatic rings. The molecule has 0 aliphatic heterocycles. The first kappa shape index (κ1) is 16.5. The topological polar surface area (TPSA) is 89.2 Å². The third kappa shape index (κ3) is 3.45. The summed E-state index contributed by atoms with van der Waals surface area (Å²) in [4.78, 5) is 29.0. The summed E-state index contributed by atoms with van der Waals surface area (Å²) in [5, 5.41) is 9.11. The Bertz CT molecular complexity index is 993. The molecule has 0 saturated carbocycles. The summed E-state index contributed by atoms with van der Waals surface area (Å²) in [6.45, 7) is 3.68. The van der Waals surface area contributed by atoms with Crippen molar-refractivity contribution in [3.05, 3.63) is 70.4 Å². The van der Waals surface area contributed by atoms with Crippen LogP contribution in [0.1, 0.15) is 35.9 Å². The van der Waals surface area contributed by atoms with Crippen molar-refractivity contribution in [3.8, 4) is 0 Å². The van der Waals surface area contributed by atoms with Crippen molar-refractivity contribution in [1.29, 1.82) is 0 Å². The highest BCUT2D eigenvalue weighted by molar-refractivity contribution is 6.04. The summed E-state index contributed by atoms with van der Waals surface area (Å²) in [6, 6.07) is 10.3. The standard InChI is InChI=1S/C18H17N5O2/c1-12(2)23-18(25)15-8-4-3-7-14(15)16(22-23)17(24)21-20-11-13-6-5-9-19-10-13/h3-12H,1-2H3,(H,21,24)/b20-11-. The van der Waals surface area contributed by atoms with E-state index in [0.29, 0.717) is 10.8 Å². The Morgan fingerprint density at radius 2 is 1.96 bits per heavy atom. The van der Waals surface area contributed by atoms with Crippen LogP contribution < -0.4 is 11.0 Å². The Hall–Kier alpha value is -3.35. The molecule has 25 heavy (non-hydrogen) atoms. The fraction of sp³-hybridized carbons (Fsp3) is 0.167. The van der Waals surface area contributed by atoms with E-state index in [4.69, 9.17) is 0 Å². The van der Waals surface area contributed by atoms with Crippen LogP contribution in [-0.4, -0.2) is 26.9 Å². The second-order valence-corrected chi connectivity index (χ2v) is 5.72. The number of fused-ring (bicyclic) bond motifs is 1. The van der Waals surface area contributed by atoms with Crippen LogP contribution in [0.5, 0.6) is 0 Å². The zero-order chi connectivity index (χ0) is 17.8. The van der Waals surface area contributed by atoms with E-state index in [1.54, 1.807) is 42.7 Å². The Labute approximate surface area is 144 Å². The summed E-state index contributed by atoms with van der Waals surface area (Å²) in [6.07, 6.45) is 4.77. The van der Waals surface area contributed by atoms with Crippen LogP contribution >= 0.6 is 0 Å². The van der Waals surface area contributed by atoms with E-state index in [1.807, 2.05) is 19.9 Å². The number of rotatable bonds is 4. The normalized spacial score (nSPS) is 11.3. The lowest BCUT2D eigenvalue weighted by atomic mass is 10.1. The molecular weight excluding hydrogens is 318 g/mol. The number of hydrazone groups is 1. The van der Waals surface area contributed by atoms with Crippen LogP contribution in [0.15, 0.2) is 58.7 Å². The van der Waals surface area contributed by atoms with Crippen LogP contribution in [0.25, 0.3) is 10.8 Å². The van der Waals surface area contributed by atoms with Gasteiger partial charge in [-0.1, -0.05) is 24.3 Å². The third-order valence-electron chi connectivity index (χ3n) is 3.60. The number of benzene rings is 1. The maximum Gasteiger partial charge on any atom is 0.292 e. The van der Waals surface area contributed by atoms with Crippen LogP contribution in [0, 0.1) is 0 Å². The van der Waals surface area contributed by atoms with E-state index in [1.165, 1.54) is 10.9 Å². The number of hydrogen-bond donors (Lipinski definition) is 1. The van der Waals surface area contributed by atoms with E-state index in [0.717, 1.165) is 5.56 Å². The lowest BCUT2D eigenvalue weighted by Crippen LogP contribution is -2.30. The summed E-state index contributed by atoms with van der Waals surface area (Å²) in [7, 11) is 0. The number of carbonyl (C=O) groups excluding carboxylic acids is 1. The van der Waals surface area contributed by atoms with Crippen molar-refractivity contribution in [2.75, 3.05) is 0 Å².